The highest BCUT2D eigenvalue weighted by Gasteiger charge is 2.42. The van der Waals surface area contributed by atoms with Crippen LogP contribution in [0.15, 0.2) is 0 Å². The van der Waals surface area contributed by atoms with Crippen LogP contribution in [0.3, 0.4) is 0 Å². The van der Waals surface area contributed by atoms with E-state index in [1.807, 2.05) is 0 Å². The van der Waals surface area contributed by atoms with Crippen molar-refractivity contribution in [1.29, 1.82) is 0 Å². The minimum atomic E-state index is 0.560. The van der Waals surface area contributed by atoms with Crippen molar-refractivity contribution in [2.75, 3.05) is 0 Å². The Bertz CT molecular complexity index is 84.7. The summed E-state index contributed by atoms with van der Waals surface area (Å²) in [4.78, 5) is 0. The average Bonchev–Trinajstić information content (AvgIpc) is 2.39. The van der Waals surface area contributed by atoms with Crippen molar-refractivity contribution >= 4 is 0 Å². The van der Waals surface area contributed by atoms with Crippen LogP contribution in [0.2, 0.25) is 0 Å². The molecule has 0 unspecified atom stereocenters. The van der Waals surface area contributed by atoms with Crippen LogP contribution >= 0.6 is 0 Å². The molecule has 0 N–H and O–H groups in total. The topological polar surface area (TPSA) is 12.5 Å². The third-order valence-corrected chi connectivity index (χ3v) is 1.88. The first-order chi connectivity index (χ1) is 4.13. The van der Waals surface area contributed by atoms with Crippen LogP contribution in [-0.4, -0.2) is 12.2 Å². The lowest BCUT2D eigenvalue weighted by molar-refractivity contribution is 0.313. The van der Waals surface area contributed by atoms with Gasteiger partial charge in [0.05, 0.1) is 12.2 Å². The smallest absolute Gasteiger partial charge is 0.0867 e. The van der Waals surface area contributed by atoms with Crippen molar-refractivity contribution in [1.82, 2.24) is 0 Å². The second-order valence-electron chi connectivity index (χ2n) is 3.55. The molecule has 2 atom stereocenters. The molecule has 0 radical (unpaired) electrons. The molecule has 1 heterocycles. The van der Waals surface area contributed by atoms with Gasteiger partial charge in [0.1, 0.15) is 0 Å². The van der Waals surface area contributed by atoms with E-state index in [4.69, 9.17) is 4.74 Å². The van der Waals surface area contributed by atoms with E-state index < -0.39 is 0 Å². The first kappa shape index (κ1) is 7.07. The monoisotopic (exact) mass is 128 g/mol. The summed E-state index contributed by atoms with van der Waals surface area (Å²) in [7, 11) is 0. The highest BCUT2D eigenvalue weighted by atomic mass is 16.6. The van der Waals surface area contributed by atoms with Crippen LogP contribution in [0.5, 0.6) is 0 Å². The third-order valence-electron chi connectivity index (χ3n) is 1.88. The molecule has 0 saturated carbocycles. The lowest BCUT2D eigenvalue weighted by atomic mass is 10.0. The van der Waals surface area contributed by atoms with Gasteiger partial charge in [-0.2, -0.15) is 0 Å². The molecule has 0 aromatic rings. The van der Waals surface area contributed by atoms with E-state index >= 15 is 0 Å². The standard InChI is InChI=1S/C8H16O/c1-5(2)7-8(9-7)6(3)4/h5-8H,1-4H3/t7-,8-/m1/s1. The molecule has 1 aliphatic heterocycles. The van der Waals surface area contributed by atoms with Gasteiger partial charge in [0.25, 0.3) is 0 Å². The minimum absolute atomic E-state index is 0.560. The zero-order valence-corrected chi connectivity index (χ0v) is 6.72. The molecular formula is C8H16O. The second-order valence-corrected chi connectivity index (χ2v) is 3.55. The van der Waals surface area contributed by atoms with Gasteiger partial charge in [-0.1, -0.05) is 27.7 Å². The van der Waals surface area contributed by atoms with Crippen molar-refractivity contribution in [2.24, 2.45) is 11.8 Å². The van der Waals surface area contributed by atoms with E-state index in [1.54, 1.807) is 0 Å². The summed E-state index contributed by atoms with van der Waals surface area (Å²) in [5.74, 6) is 1.41. The highest BCUT2D eigenvalue weighted by Crippen LogP contribution is 2.34. The Balaban J connectivity index is 2.24. The maximum absolute atomic E-state index is 5.44. The van der Waals surface area contributed by atoms with Gasteiger partial charge in [-0.25, -0.2) is 0 Å². The van der Waals surface area contributed by atoms with Crippen molar-refractivity contribution in [3.63, 3.8) is 0 Å². The molecule has 0 amide bonds. The SMILES string of the molecule is CC(C)[C@H]1O[C@@H]1C(C)C. The Morgan fingerprint density at radius 3 is 1.33 bits per heavy atom. The van der Waals surface area contributed by atoms with Gasteiger partial charge < -0.3 is 4.74 Å². The molecule has 0 aromatic heterocycles. The predicted molar refractivity (Wildman–Crippen MR) is 38.3 cm³/mol. The fraction of sp³-hybridized carbons (Fsp3) is 1.00. The second kappa shape index (κ2) is 2.30. The molecule has 1 nitrogen and oxygen atoms in total. The number of hydrogen-bond donors (Lipinski definition) is 0. The van der Waals surface area contributed by atoms with Crippen LogP contribution in [-0.2, 0) is 4.74 Å². The molecule has 54 valence electrons. The zero-order valence-electron chi connectivity index (χ0n) is 6.72. The molecule has 1 aliphatic rings. The maximum Gasteiger partial charge on any atom is 0.0867 e. The molecule has 1 heteroatoms. The van der Waals surface area contributed by atoms with Gasteiger partial charge in [0, 0.05) is 0 Å². The van der Waals surface area contributed by atoms with Gasteiger partial charge in [0.2, 0.25) is 0 Å². The number of ether oxygens (including phenoxy) is 1. The average molecular weight is 128 g/mol. The van der Waals surface area contributed by atoms with Gasteiger partial charge in [-0.3, -0.25) is 0 Å². The Morgan fingerprint density at radius 2 is 1.22 bits per heavy atom. The lowest BCUT2D eigenvalue weighted by Gasteiger charge is -1.99. The predicted octanol–water partition coefficient (Wildman–Crippen LogP) is 2.07. The van der Waals surface area contributed by atoms with Gasteiger partial charge in [-0.05, 0) is 11.8 Å². The Labute approximate surface area is 57.4 Å². The summed E-state index contributed by atoms with van der Waals surface area (Å²) in [6.45, 7) is 8.86. The summed E-state index contributed by atoms with van der Waals surface area (Å²) in [6.07, 6.45) is 1.12. The van der Waals surface area contributed by atoms with Crippen molar-refractivity contribution in [2.45, 2.75) is 39.9 Å². The van der Waals surface area contributed by atoms with E-state index in [0.29, 0.717) is 24.0 Å². The first-order valence-electron chi connectivity index (χ1n) is 3.78. The van der Waals surface area contributed by atoms with Gasteiger partial charge >= 0.3 is 0 Å². The van der Waals surface area contributed by atoms with Crippen LogP contribution in [0.4, 0.5) is 0 Å². The summed E-state index contributed by atoms with van der Waals surface area (Å²) in [5.41, 5.74) is 0. The van der Waals surface area contributed by atoms with E-state index in [-0.39, 0.29) is 0 Å². The number of hydrogen-bond acceptors (Lipinski definition) is 1. The molecule has 0 aromatic carbocycles. The molecule has 1 saturated heterocycles. The fourth-order valence-electron chi connectivity index (χ4n) is 1.21. The molecule has 9 heavy (non-hydrogen) atoms. The molecule has 1 rings (SSSR count). The lowest BCUT2D eigenvalue weighted by Crippen LogP contribution is -2.07. The third kappa shape index (κ3) is 1.45. The van der Waals surface area contributed by atoms with E-state index in [0.717, 1.165) is 0 Å². The van der Waals surface area contributed by atoms with Gasteiger partial charge in [-0.15, -0.1) is 0 Å². The Morgan fingerprint density at radius 1 is 0.889 bits per heavy atom. The summed E-state index contributed by atoms with van der Waals surface area (Å²) >= 11 is 0. The van der Waals surface area contributed by atoms with E-state index in [2.05, 4.69) is 27.7 Å². The highest BCUT2D eigenvalue weighted by molar-refractivity contribution is 4.88. The Hall–Kier alpha value is -0.0400. The summed E-state index contributed by atoms with van der Waals surface area (Å²) in [5, 5.41) is 0. The van der Waals surface area contributed by atoms with Gasteiger partial charge in [0.15, 0.2) is 0 Å². The van der Waals surface area contributed by atoms with Crippen molar-refractivity contribution in [3.8, 4) is 0 Å². The van der Waals surface area contributed by atoms with Crippen molar-refractivity contribution in [3.05, 3.63) is 0 Å². The van der Waals surface area contributed by atoms with Crippen LogP contribution < -0.4 is 0 Å². The van der Waals surface area contributed by atoms with E-state index in [1.165, 1.54) is 0 Å². The summed E-state index contributed by atoms with van der Waals surface area (Å²) < 4.78 is 5.44. The largest absolute Gasteiger partial charge is 0.369 e. The normalized spacial score (nSPS) is 34.0. The summed E-state index contributed by atoms with van der Waals surface area (Å²) in [6, 6.07) is 0. The quantitative estimate of drug-likeness (QED) is 0.519. The first-order valence-corrected chi connectivity index (χ1v) is 3.78. The number of epoxide rings is 1. The van der Waals surface area contributed by atoms with Crippen LogP contribution in [0.1, 0.15) is 27.7 Å². The number of rotatable bonds is 2. The maximum atomic E-state index is 5.44. The molecule has 0 bridgehead atoms. The molecular weight excluding hydrogens is 112 g/mol. The fourth-order valence-corrected chi connectivity index (χ4v) is 1.21. The molecule has 0 aliphatic carbocycles. The molecule has 1 fully saturated rings. The Kier molecular flexibility index (Phi) is 1.80. The van der Waals surface area contributed by atoms with Crippen LogP contribution in [0.25, 0.3) is 0 Å². The zero-order chi connectivity index (χ0) is 7.02. The van der Waals surface area contributed by atoms with Crippen LogP contribution in [0, 0.1) is 11.8 Å². The van der Waals surface area contributed by atoms with E-state index in [9.17, 15) is 0 Å². The minimum Gasteiger partial charge on any atom is -0.369 e. The molecule has 0 spiro atoms. The van der Waals surface area contributed by atoms with Crippen molar-refractivity contribution < 1.29 is 4.74 Å².